The molecule has 2 atom stereocenters. The van der Waals surface area contributed by atoms with E-state index in [0.717, 1.165) is 32.1 Å². The van der Waals surface area contributed by atoms with Gasteiger partial charge in [-0.15, -0.1) is 0 Å². The number of ether oxygens (including phenoxy) is 1. The highest BCUT2D eigenvalue weighted by molar-refractivity contribution is 5.80. The van der Waals surface area contributed by atoms with Crippen LogP contribution < -0.4 is 5.32 Å². The molecule has 0 aliphatic heterocycles. The monoisotopic (exact) mass is 298 g/mol. The second kappa shape index (κ2) is 6.22. The number of rotatable bonds is 5. The number of nitrogens with one attached hydrogen (secondary N) is 1. The van der Waals surface area contributed by atoms with Crippen molar-refractivity contribution in [2.45, 2.75) is 64.1 Å². The van der Waals surface area contributed by atoms with Crippen molar-refractivity contribution in [3.05, 3.63) is 0 Å². The molecule has 6 heteroatoms. The number of nitrogens with zero attached hydrogens (tertiary/aromatic N) is 1. The molecule has 0 aromatic heterocycles. The molecule has 0 radical (unpaired) electrons. The lowest BCUT2D eigenvalue weighted by Crippen LogP contribution is -2.64. The van der Waals surface area contributed by atoms with Gasteiger partial charge in [-0.3, -0.25) is 4.79 Å². The highest BCUT2D eigenvalue weighted by Gasteiger charge is 2.49. The van der Waals surface area contributed by atoms with E-state index in [4.69, 9.17) is 9.84 Å². The van der Waals surface area contributed by atoms with Gasteiger partial charge in [-0.25, -0.2) is 4.79 Å². The summed E-state index contributed by atoms with van der Waals surface area (Å²) in [5.74, 6) is -0.959. The van der Waals surface area contributed by atoms with Crippen LogP contribution in [0.1, 0.15) is 46.0 Å². The van der Waals surface area contributed by atoms with Crippen molar-refractivity contribution in [3.8, 4) is 0 Å². The predicted octanol–water partition coefficient (Wildman–Crippen LogP) is 1.84. The van der Waals surface area contributed by atoms with Crippen molar-refractivity contribution >= 4 is 12.0 Å². The number of aliphatic carboxylic acids is 1. The Balaban J connectivity index is 1.97. The number of carbonyl (C=O) groups excluding carboxylic acids is 1. The summed E-state index contributed by atoms with van der Waals surface area (Å²) in [4.78, 5) is 25.0. The minimum Gasteiger partial charge on any atom is -0.480 e. The third-order valence-electron chi connectivity index (χ3n) is 5.09. The Labute approximate surface area is 125 Å². The molecule has 0 aromatic carbocycles. The second-order valence-electron chi connectivity index (χ2n) is 6.74. The Morgan fingerprint density at radius 2 is 1.95 bits per heavy atom. The topological polar surface area (TPSA) is 78.9 Å². The molecule has 0 spiro atoms. The SMILES string of the molecule is COC1CC(NC(=O)N(CC(=O)O)C2CCCC2)C1(C)C. The average Bonchev–Trinajstić information content (AvgIpc) is 2.93. The molecular formula is C15H26N2O4. The van der Waals surface area contributed by atoms with E-state index in [2.05, 4.69) is 19.2 Å². The van der Waals surface area contributed by atoms with Crippen molar-refractivity contribution in [2.24, 2.45) is 5.41 Å². The van der Waals surface area contributed by atoms with Crippen molar-refractivity contribution < 1.29 is 19.4 Å². The quantitative estimate of drug-likeness (QED) is 0.811. The minimum atomic E-state index is -0.959. The molecule has 2 amide bonds. The normalized spacial score (nSPS) is 28.0. The van der Waals surface area contributed by atoms with Gasteiger partial charge in [0.25, 0.3) is 0 Å². The Kier molecular flexibility index (Phi) is 4.76. The third kappa shape index (κ3) is 3.31. The first-order chi connectivity index (χ1) is 9.86. The summed E-state index contributed by atoms with van der Waals surface area (Å²) >= 11 is 0. The van der Waals surface area contributed by atoms with Crippen molar-refractivity contribution in [2.75, 3.05) is 13.7 Å². The highest BCUT2D eigenvalue weighted by atomic mass is 16.5. The van der Waals surface area contributed by atoms with E-state index in [0.29, 0.717) is 0 Å². The van der Waals surface area contributed by atoms with Crippen LogP contribution in [0, 0.1) is 5.41 Å². The number of carboxylic acids is 1. The molecule has 21 heavy (non-hydrogen) atoms. The number of carboxylic acid groups (broad SMARTS) is 1. The summed E-state index contributed by atoms with van der Waals surface area (Å²) in [5.41, 5.74) is -0.116. The zero-order valence-electron chi connectivity index (χ0n) is 13.1. The number of urea groups is 1. The zero-order valence-corrected chi connectivity index (χ0v) is 13.1. The van der Waals surface area contributed by atoms with Gasteiger partial charge in [-0.2, -0.15) is 0 Å². The molecule has 2 N–H and O–H groups in total. The first kappa shape index (κ1) is 16.1. The van der Waals surface area contributed by atoms with Crippen LogP contribution in [0.5, 0.6) is 0 Å². The fourth-order valence-corrected chi connectivity index (χ4v) is 3.49. The van der Waals surface area contributed by atoms with Crippen molar-refractivity contribution in [1.82, 2.24) is 10.2 Å². The first-order valence-corrected chi connectivity index (χ1v) is 7.68. The maximum Gasteiger partial charge on any atom is 0.323 e. The molecule has 2 unspecified atom stereocenters. The Morgan fingerprint density at radius 3 is 2.43 bits per heavy atom. The van der Waals surface area contributed by atoms with Gasteiger partial charge in [0.05, 0.1) is 6.10 Å². The fourth-order valence-electron chi connectivity index (χ4n) is 3.49. The lowest BCUT2D eigenvalue weighted by molar-refractivity contribution is -0.138. The van der Waals surface area contributed by atoms with Crippen LogP contribution in [0.25, 0.3) is 0 Å². The Hall–Kier alpha value is -1.30. The van der Waals surface area contributed by atoms with Crippen LogP contribution in [0.15, 0.2) is 0 Å². The summed E-state index contributed by atoms with van der Waals surface area (Å²) < 4.78 is 5.38. The molecular weight excluding hydrogens is 272 g/mol. The summed E-state index contributed by atoms with van der Waals surface area (Å²) in [7, 11) is 1.68. The highest BCUT2D eigenvalue weighted by Crippen LogP contribution is 2.42. The van der Waals surface area contributed by atoms with E-state index in [1.165, 1.54) is 4.90 Å². The Morgan fingerprint density at radius 1 is 1.33 bits per heavy atom. The lowest BCUT2D eigenvalue weighted by atomic mass is 9.64. The smallest absolute Gasteiger partial charge is 0.323 e. The van der Waals surface area contributed by atoms with Gasteiger partial charge in [0.15, 0.2) is 0 Å². The van der Waals surface area contributed by atoms with Gasteiger partial charge in [0, 0.05) is 24.6 Å². The van der Waals surface area contributed by atoms with Crippen molar-refractivity contribution in [3.63, 3.8) is 0 Å². The van der Waals surface area contributed by atoms with Gasteiger partial charge in [0.1, 0.15) is 6.54 Å². The largest absolute Gasteiger partial charge is 0.480 e. The number of hydrogen-bond acceptors (Lipinski definition) is 3. The van der Waals surface area contributed by atoms with Crippen LogP contribution in [0.4, 0.5) is 4.79 Å². The summed E-state index contributed by atoms with van der Waals surface area (Å²) in [6, 6.07) is -0.160. The van der Waals surface area contributed by atoms with Crippen LogP contribution in [0.3, 0.4) is 0 Å². The molecule has 2 aliphatic carbocycles. The number of amides is 2. The molecule has 2 rings (SSSR count). The minimum absolute atomic E-state index is 0.0349. The molecule has 2 aliphatic rings. The predicted molar refractivity (Wildman–Crippen MR) is 78.1 cm³/mol. The summed E-state index contributed by atoms with van der Waals surface area (Å²) in [5, 5.41) is 12.0. The van der Waals surface area contributed by atoms with E-state index in [-0.39, 0.29) is 36.2 Å². The number of methoxy groups -OCH3 is 1. The Bertz CT molecular complexity index is 404. The second-order valence-corrected chi connectivity index (χ2v) is 6.74. The summed E-state index contributed by atoms with van der Waals surface area (Å²) in [6.07, 6.45) is 4.84. The molecule has 0 heterocycles. The molecule has 2 fully saturated rings. The number of hydrogen-bond donors (Lipinski definition) is 2. The van der Waals surface area contributed by atoms with Crippen molar-refractivity contribution in [1.29, 1.82) is 0 Å². The van der Waals surface area contributed by atoms with Gasteiger partial charge < -0.3 is 20.1 Å². The van der Waals surface area contributed by atoms with Gasteiger partial charge in [-0.1, -0.05) is 26.7 Å². The van der Waals surface area contributed by atoms with Gasteiger partial charge in [0.2, 0.25) is 0 Å². The molecule has 0 saturated heterocycles. The van der Waals surface area contributed by atoms with Crippen LogP contribution in [-0.4, -0.2) is 53.8 Å². The van der Waals surface area contributed by atoms with Crippen LogP contribution in [0.2, 0.25) is 0 Å². The molecule has 120 valence electrons. The maximum absolute atomic E-state index is 12.5. The van der Waals surface area contributed by atoms with E-state index in [9.17, 15) is 9.59 Å². The van der Waals surface area contributed by atoms with Crippen LogP contribution in [-0.2, 0) is 9.53 Å². The van der Waals surface area contributed by atoms with E-state index in [1.807, 2.05) is 0 Å². The van der Waals surface area contributed by atoms with E-state index in [1.54, 1.807) is 7.11 Å². The van der Waals surface area contributed by atoms with Crippen LogP contribution >= 0.6 is 0 Å². The fraction of sp³-hybridized carbons (Fsp3) is 0.867. The lowest BCUT2D eigenvalue weighted by Gasteiger charge is -2.51. The average molecular weight is 298 g/mol. The maximum atomic E-state index is 12.5. The van der Waals surface area contributed by atoms with E-state index < -0.39 is 5.97 Å². The molecule has 0 bridgehead atoms. The zero-order chi connectivity index (χ0) is 15.6. The number of carbonyl (C=O) groups is 2. The standard InChI is InChI=1S/C15H26N2O4/c1-15(2)11(8-12(15)21-3)16-14(20)17(9-13(18)19)10-6-4-5-7-10/h10-12H,4-9H2,1-3H3,(H,16,20)(H,18,19). The third-order valence-corrected chi connectivity index (χ3v) is 5.09. The van der Waals surface area contributed by atoms with E-state index >= 15 is 0 Å². The van der Waals surface area contributed by atoms with Gasteiger partial charge >= 0.3 is 12.0 Å². The molecule has 0 aromatic rings. The summed E-state index contributed by atoms with van der Waals surface area (Å²) in [6.45, 7) is 3.90. The first-order valence-electron chi connectivity index (χ1n) is 7.68. The van der Waals surface area contributed by atoms with Gasteiger partial charge in [-0.05, 0) is 19.3 Å². The molecule has 2 saturated carbocycles. The molecule has 6 nitrogen and oxygen atoms in total.